The molecule has 0 saturated carbocycles. The number of hydrogen-bond donors (Lipinski definition) is 1. The average molecular weight is 463 g/mol. The molecule has 0 saturated heterocycles. The average Bonchev–Trinajstić information content (AvgIpc) is 2.97. The van der Waals surface area contributed by atoms with Gasteiger partial charge in [-0.1, -0.05) is 49.2 Å². The number of esters is 1. The van der Waals surface area contributed by atoms with Crippen LogP contribution in [0.1, 0.15) is 41.0 Å². The van der Waals surface area contributed by atoms with E-state index in [9.17, 15) is 19.2 Å². The predicted octanol–water partition coefficient (Wildman–Crippen LogP) is 4.19. The minimum atomic E-state index is -1.14. The molecule has 1 aliphatic heterocycles. The number of anilines is 1. The number of ether oxygens (including phenoxy) is 1. The molecule has 2 aromatic rings. The highest BCUT2D eigenvalue weighted by atomic mass is 35.5. The maximum absolute atomic E-state index is 12.8. The molecule has 3 amide bonds. The van der Waals surface area contributed by atoms with E-state index in [0.717, 1.165) is 4.90 Å². The van der Waals surface area contributed by atoms with Crippen molar-refractivity contribution in [3.63, 3.8) is 0 Å². The quantitative estimate of drug-likeness (QED) is 0.491. The van der Waals surface area contributed by atoms with Crippen molar-refractivity contribution in [1.82, 2.24) is 4.90 Å². The largest absolute Gasteiger partial charge is 0.454 e. The molecule has 1 aliphatic rings. The Morgan fingerprint density at radius 2 is 1.65 bits per heavy atom. The fourth-order valence-corrected chi connectivity index (χ4v) is 3.59. The van der Waals surface area contributed by atoms with Gasteiger partial charge in [0.25, 0.3) is 17.7 Å². The number of benzene rings is 2. The van der Waals surface area contributed by atoms with E-state index in [-0.39, 0.29) is 34.2 Å². The first-order chi connectivity index (χ1) is 14.7. The summed E-state index contributed by atoms with van der Waals surface area (Å²) in [6.45, 7) is 3.10. The second-order valence-electron chi connectivity index (χ2n) is 7.45. The Hall–Kier alpha value is -2.90. The van der Waals surface area contributed by atoms with Crippen molar-refractivity contribution in [3.05, 3.63) is 63.6 Å². The maximum atomic E-state index is 12.8. The summed E-state index contributed by atoms with van der Waals surface area (Å²) in [5.41, 5.74) is 0.749. The first-order valence-corrected chi connectivity index (χ1v) is 10.3. The summed E-state index contributed by atoms with van der Waals surface area (Å²) in [5.74, 6) is -2.60. The fraction of sp³-hybridized carbons (Fsp3) is 0.273. The molecule has 0 unspecified atom stereocenters. The van der Waals surface area contributed by atoms with Crippen LogP contribution in [-0.4, -0.2) is 41.2 Å². The fourth-order valence-electron chi connectivity index (χ4n) is 3.26. The molecule has 1 heterocycles. The van der Waals surface area contributed by atoms with Crippen molar-refractivity contribution in [3.8, 4) is 0 Å². The highest BCUT2D eigenvalue weighted by Gasteiger charge is 2.43. The lowest BCUT2D eigenvalue weighted by molar-refractivity contribution is -0.151. The van der Waals surface area contributed by atoms with Crippen molar-refractivity contribution in [2.24, 2.45) is 5.92 Å². The molecular weight excluding hydrogens is 443 g/mol. The highest BCUT2D eigenvalue weighted by molar-refractivity contribution is 6.35. The van der Waals surface area contributed by atoms with Gasteiger partial charge in [0.15, 0.2) is 6.61 Å². The van der Waals surface area contributed by atoms with Crippen LogP contribution in [0.2, 0.25) is 10.0 Å². The van der Waals surface area contributed by atoms with Crippen LogP contribution in [0.4, 0.5) is 5.69 Å². The number of carbonyl (C=O) groups excluding carboxylic acids is 4. The van der Waals surface area contributed by atoms with E-state index in [4.69, 9.17) is 27.9 Å². The molecule has 0 bridgehead atoms. The molecule has 0 spiro atoms. The van der Waals surface area contributed by atoms with E-state index in [0.29, 0.717) is 5.02 Å². The van der Waals surface area contributed by atoms with Gasteiger partial charge in [-0.2, -0.15) is 0 Å². The number of imide groups is 1. The number of nitrogens with zero attached hydrogens (tertiary/aromatic N) is 1. The Bertz CT molecular complexity index is 1020. The van der Waals surface area contributed by atoms with Crippen LogP contribution >= 0.6 is 23.2 Å². The third-order valence-corrected chi connectivity index (χ3v) is 5.22. The second-order valence-corrected chi connectivity index (χ2v) is 8.29. The Labute approximate surface area is 189 Å². The Kier molecular flexibility index (Phi) is 6.97. The summed E-state index contributed by atoms with van der Waals surface area (Å²) in [6, 6.07) is 9.78. The Morgan fingerprint density at radius 1 is 1.03 bits per heavy atom. The zero-order valence-electron chi connectivity index (χ0n) is 16.9. The number of fused-ring (bicyclic) bond motifs is 1. The third-order valence-electron chi connectivity index (χ3n) is 4.65. The summed E-state index contributed by atoms with van der Waals surface area (Å²) < 4.78 is 5.14. The van der Waals surface area contributed by atoms with E-state index in [1.165, 1.54) is 24.3 Å². The summed E-state index contributed by atoms with van der Waals surface area (Å²) in [5, 5.41) is 3.15. The standard InChI is InChI=1S/C22H20Cl2N2O5/c1-12(2)9-18(26-20(28)14-5-3-4-6-15(14)21(26)29)22(30)31-11-19(27)25-17-10-13(23)7-8-16(17)24/h3-8,10,12,18H,9,11H2,1-2H3,(H,25,27)/t18-/m1/s1. The van der Waals surface area contributed by atoms with Crippen molar-refractivity contribution >= 4 is 52.6 Å². The molecule has 162 valence electrons. The summed E-state index contributed by atoms with van der Waals surface area (Å²) in [4.78, 5) is 51.5. The SMILES string of the molecule is CC(C)C[C@H](C(=O)OCC(=O)Nc1cc(Cl)ccc1Cl)N1C(=O)c2ccccc2C1=O. The zero-order valence-corrected chi connectivity index (χ0v) is 18.4. The first-order valence-electron chi connectivity index (χ1n) is 9.57. The van der Waals surface area contributed by atoms with Gasteiger partial charge in [0.1, 0.15) is 6.04 Å². The first kappa shape index (κ1) is 22.8. The smallest absolute Gasteiger partial charge is 0.329 e. The number of halogens is 2. The number of carbonyl (C=O) groups is 4. The van der Waals surface area contributed by atoms with Gasteiger partial charge in [0, 0.05) is 5.02 Å². The zero-order chi connectivity index (χ0) is 22.7. The van der Waals surface area contributed by atoms with Crippen molar-refractivity contribution in [2.75, 3.05) is 11.9 Å². The van der Waals surface area contributed by atoms with Crippen molar-refractivity contribution in [1.29, 1.82) is 0 Å². The maximum Gasteiger partial charge on any atom is 0.329 e. The third kappa shape index (κ3) is 5.06. The number of amides is 3. The molecule has 7 nitrogen and oxygen atoms in total. The summed E-state index contributed by atoms with van der Waals surface area (Å²) in [7, 11) is 0. The second kappa shape index (κ2) is 9.49. The van der Waals surface area contributed by atoms with E-state index in [1.54, 1.807) is 18.2 Å². The van der Waals surface area contributed by atoms with Crippen LogP contribution in [-0.2, 0) is 14.3 Å². The van der Waals surface area contributed by atoms with Crippen LogP contribution in [0.5, 0.6) is 0 Å². The van der Waals surface area contributed by atoms with E-state index in [2.05, 4.69) is 5.32 Å². The number of nitrogens with one attached hydrogen (secondary N) is 1. The molecular formula is C22H20Cl2N2O5. The van der Waals surface area contributed by atoms with Crippen LogP contribution in [0.15, 0.2) is 42.5 Å². The van der Waals surface area contributed by atoms with Crippen LogP contribution in [0, 0.1) is 5.92 Å². The van der Waals surface area contributed by atoms with Crippen LogP contribution in [0.3, 0.4) is 0 Å². The number of rotatable bonds is 7. The van der Waals surface area contributed by atoms with E-state index < -0.39 is 36.3 Å². The normalized spacial score (nSPS) is 13.9. The monoisotopic (exact) mass is 462 g/mol. The molecule has 0 radical (unpaired) electrons. The minimum Gasteiger partial charge on any atom is -0.454 e. The van der Waals surface area contributed by atoms with Gasteiger partial charge >= 0.3 is 5.97 Å². The molecule has 0 aliphatic carbocycles. The molecule has 0 aromatic heterocycles. The predicted molar refractivity (Wildman–Crippen MR) is 116 cm³/mol. The van der Waals surface area contributed by atoms with Gasteiger partial charge < -0.3 is 10.1 Å². The van der Waals surface area contributed by atoms with E-state index >= 15 is 0 Å². The Balaban J connectivity index is 1.71. The summed E-state index contributed by atoms with van der Waals surface area (Å²) >= 11 is 11.9. The molecule has 0 fully saturated rings. The van der Waals surface area contributed by atoms with Crippen molar-refractivity contribution in [2.45, 2.75) is 26.3 Å². The summed E-state index contributed by atoms with van der Waals surface area (Å²) in [6.07, 6.45) is 0.200. The van der Waals surface area contributed by atoms with Gasteiger partial charge in [-0.25, -0.2) is 4.79 Å². The number of hydrogen-bond acceptors (Lipinski definition) is 5. The van der Waals surface area contributed by atoms with Crippen LogP contribution in [0.25, 0.3) is 0 Å². The lowest BCUT2D eigenvalue weighted by Gasteiger charge is -2.25. The molecule has 3 rings (SSSR count). The van der Waals surface area contributed by atoms with Crippen molar-refractivity contribution < 1.29 is 23.9 Å². The minimum absolute atomic E-state index is 0.0130. The molecule has 9 heteroatoms. The molecule has 2 aromatic carbocycles. The van der Waals surface area contributed by atoms with Crippen LogP contribution < -0.4 is 5.32 Å². The van der Waals surface area contributed by atoms with Gasteiger partial charge in [-0.3, -0.25) is 19.3 Å². The van der Waals surface area contributed by atoms with E-state index in [1.807, 2.05) is 13.8 Å². The molecule has 31 heavy (non-hydrogen) atoms. The lowest BCUT2D eigenvalue weighted by Crippen LogP contribution is -2.46. The van der Waals surface area contributed by atoms with Gasteiger partial charge in [-0.15, -0.1) is 0 Å². The van der Waals surface area contributed by atoms with Gasteiger partial charge in [-0.05, 0) is 42.7 Å². The highest BCUT2D eigenvalue weighted by Crippen LogP contribution is 2.28. The van der Waals surface area contributed by atoms with Gasteiger partial charge in [0.2, 0.25) is 0 Å². The topological polar surface area (TPSA) is 92.8 Å². The molecule has 1 atom stereocenters. The van der Waals surface area contributed by atoms with Gasteiger partial charge in [0.05, 0.1) is 21.8 Å². The lowest BCUT2D eigenvalue weighted by atomic mass is 10.0. The Morgan fingerprint density at radius 3 is 2.23 bits per heavy atom. The molecule has 1 N–H and O–H groups in total.